The number of hydrogen-bond acceptors (Lipinski definition) is 2. The van der Waals surface area contributed by atoms with Gasteiger partial charge in [0.25, 0.3) is 0 Å². The van der Waals surface area contributed by atoms with Crippen LogP contribution in [0.2, 0.25) is 0 Å². The largest absolute Gasteiger partial charge is 0.355 e. The molecular weight excluding hydrogens is 284 g/mol. The Morgan fingerprint density at radius 2 is 1.83 bits per heavy atom. The Hall–Kier alpha value is -0.0800. The number of rotatable bonds is 5. The van der Waals surface area contributed by atoms with E-state index in [1.807, 2.05) is 0 Å². The van der Waals surface area contributed by atoms with Crippen LogP contribution in [0.4, 0.5) is 0 Å². The van der Waals surface area contributed by atoms with E-state index in [4.69, 9.17) is 9.47 Å². The monoisotopic (exact) mass is 320 g/mol. The highest BCUT2D eigenvalue weighted by Crippen LogP contribution is 2.66. The number of hydrogen-bond donors (Lipinski definition) is 0. The summed E-state index contributed by atoms with van der Waals surface area (Å²) in [6, 6.07) is 0. The lowest BCUT2D eigenvalue weighted by molar-refractivity contribution is -0.134. The summed E-state index contributed by atoms with van der Waals surface area (Å²) >= 11 is 0. The molecule has 4 saturated carbocycles. The maximum atomic E-state index is 6.17. The van der Waals surface area contributed by atoms with Crippen LogP contribution in [-0.4, -0.2) is 19.5 Å². The summed E-state index contributed by atoms with van der Waals surface area (Å²) in [5.74, 6) is 5.04. The van der Waals surface area contributed by atoms with Gasteiger partial charge in [0.15, 0.2) is 0 Å². The maximum absolute atomic E-state index is 6.17. The summed E-state index contributed by atoms with van der Waals surface area (Å²) in [5.41, 5.74) is 0.966. The molecule has 0 aromatic heterocycles. The molecule has 8 unspecified atom stereocenters. The van der Waals surface area contributed by atoms with Crippen LogP contribution in [-0.2, 0) is 9.47 Å². The lowest BCUT2D eigenvalue weighted by Crippen LogP contribution is -2.38. The molecule has 4 rings (SSSR count). The fraction of sp³-hybridized carbons (Fsp3) is 1.00. The Labute approximate surface area is 142 Å². The van der Waals surface area contributed by atoms with E-state index < -0.39 is 0 Å². The number of ether oxygens (including phenoxy) is 2. The van der Waals surface area contributed by atoms with Crippen LogP contribution in [0, 0.1) is 46.3 Å². The minimum Gasteiger partial charge on any atom is -0.355 e. The van der Waals surface area contributed by atoms with E-state index in [-0.39, 0.29) is 0 Å². The summed E-state index contributed by atoms with van der Waals surface area (Å²) in [4.78, 5) is 0. The highest BCUT2D eigenvalue weighted by atomic mass is 16.7. The quantitative estimate of drug-likeness (QED) is 0.517. The van der Waals surface area contributed by atoms with Crippen molar-refractivity contribution < 1.29 is 9.47 Å². The molecule has 0 radical (unpaired) electrons. The molecule has 0 amide bonds. The van der Waals surface area contributed by atoms with Crippen LogP contribution in [0.25, 0.3) is 0 Å². The third kappa shape index (κ3) is 2.42. The smallest absolute Gasteiger partial charge is 0.147 e. The third-order valence-electron chi connectivity index (χ3n) is 9.05. The minimum absolute atomic E-state index is 0.448. The summed E-state index contributed by atoms with van der Waals surface area (Å²) in [6.45, 7) is 13.7. The van der Waals surface area contributed by atoms with E-state index in [9.17, 15) is 0 Å². The Bertz CT molecular complexity index is 452. The molecule has 4 fully saturated rings. The second-order valence-corrected chi connectivity index (χ2v) is 10.3. The first kappa shape index (κ1) is 16.4. The molecule has 2 heteroatoms. The molecule has 23 heavy (non-hydrogen) atoms. The van der Waals surface area contributed by atoms with Crippen LogP contribution in [0.15, 0.2) is 0 Å². The van der Waals surface area contributed by atoms with Gasteiger partial charge < -0.3 is 9.47 Å². The molecule has 0 aromatic carbocycles. The van der Waals surface area contributed by atoms with Gasteiger partial charge in [0, 0.05) is 0 Å². The first-order valence-corrected chi connectivity index (χ1v) is 10.0. The van der Waals surface area contributed by atoms with Crippen molar-refractivity contribution in [3.8, 4) is 0 Å². The Balaban J connectivity index is 1.26. The minimum atomic E-state index is 0.448. The molecule has 0 aliphatic heterocycles. The average molecular weight is 321 g/mol. The van der Waals surface area contributed by atoms with Gasteiger partial charge in [-0.2, -0.15) is 0 Å². The standard InChI is InChI=1S/C21H36O2/c1-13-14(2)17-8-15(13)9-18(17)23-12-22-11-19-20(3,4)16-6-7-21(19,5)10-16/h13-19H,6-12H2,1-5H3. The van der Waals surface area contributed by atoms with Crippen molar-refractivity contribution in [3.05, 3.63) is 0 Å². The van der Waals surface area contributed by atoms with Crippen LogP contribution in [0.1, 0.15) is 66.7 Å². The van der Waals surface area contributed by atoms with Gasteiger partial charge in [0.2, 0.25) is 0 Å². The molecule has 0 spiro atoms. The predicted molar refractivity (Wildman–Crippen MR) is 93.0 cm³/mol. The first-order chi connectivity index (χ1) is 10.8. The molecule has 4 aliphatic rings. The van der Waals surface area contributed by atoms with Crippen LogP contribution in [0.5, 0.6) is 0 Å². The predicted octanol–water partition coefficient (Wildman–Crippen LogP) is 5.12. The molecule has 4 bridgehead atoms. The van der Waals surface area contributed by atoms with Gasteiger partial charge >= 0.3 is 0 Å². The molecule has 0 saturated heterocycles. The molecule has 8 atom stereocenters. The van der Waals surface area contributed by atoms with E-state index in [2.05, 4.69) is 34.6 Å². The van der Waals surface area contributed by atoms with Crippen molar-refractivity contribution in [2.45, 2.75) is 72.8 Å². The van der Waals surface area contributed by atoms with E-state index in [0.29, 0.717) is 29.6 Å². The lowest BCUT2D eigenvalue weighted by Gasteiger charge is -2.42. The van der Waals surface area contributed by atoms with E-state index in [0.717, 1.165) is 36.2 Å². The summed E-state index contributed by atoms with van der Waals surface area (Å²) in [6.07, 6.45) is 7.37. The highest BCUT2D eigenvalue weighted by molar-refractivity contribution is 5.08. The molecule has 4 aliphatic carbocycles. The zero-order valence-corrected chi connectivity index (χ0v) is 15.8. The lowest BCUT2D eigenvalue weighted by atomic mass is 9.64. The highest BCUT2D eigenvalue weighted by Gasteiger charge is 2.59. The van der Waals surface area contributed by atoms with Gasteiger partial charge in [-0.1, -0.05) is 34.6 Å². The van der Waals surface area contributed by atoms with Crippen molar-refractivity contribution in [2.75, 3.05) is 13.4 Å². The van der Waals surface area contributed by atoms with Crippen molar-refractivity contribution in [1.82, 2.24) is 0 Å². The maximum Gasteiger partial charge on any atom is 0.147 e. The molecule has 2 nitrogen and oxygen atoms in total. The molecular formula is C21H36O2. The molecule has 132 valence electrons. The van der Waals surface area contributed by atoms with Gasteiger partial charge in [-0.3, -0.25) is 0 Å². The Morgan fingerprint density at radius 1 is 1.04 bits per heavy atom. The topological polar surface area (TPSA) is 18.5 Å². The van der Waals surface area contributed by atoms with Crippen LogP contribution in [0.3, 0.4) is 0 Å². The summed E-state index contributed by atoms with van der Waals surface area (Å²) < 4.78 is 12.3. The zero-order valence-electron chi connectivity index (χ0n) is 15.8. The van der Waals surface area contributed by atoms with Crippen molar-refractivity contribution in [3.63, 3.8) is 0 Å². The van der Waals surface area contributed by atoms with E-state index in [1.54, 1.807) is 0 Å². The first-order valence-electron chi connectivity index (χ1n) is 10.0. The van der Waals surface area contributed by atoms with Gasteiger partial charge in [0.05, 0.1) is 12.7 Å². The zero-order chi connectivity index (χ0) is 16.4. The van der Waals surface area contributed by atoms with Crippen LogP contribution < -0.4 is 0 Å². The molecule has 0 heterocycles. The summed E-state index contributed by atoms with van der Waals surface area (Å²) in [7, 11) is 0. The van der Waals surface area contributed by atoms with E-state index >= 15 is 0 Å². The molecule has 0 aromatic rings. The Kier molecular flexibility index (Phi) is 3.89. The SMILES string of the molecule is CC1C2CC(OCOCC3C4(C)CCC(C4)C3(C)C)C(C2)C1C. The van der Waals surface area contributed by atoms with Gasteiger partial charge in [0.1, 0.15) is 6.79 Å². The summed E-state index contributed by atoms with van der Waals surface area (Å²) in [5, 5.41) is 0. The second kappa shape index (κ2) is 5.46. The van der Waals surface area contributed by atoms with Crippen molar-refractivity contribution in [1.29, 1.82) is 0 Å². The van der Waals surface area contributed by atoms with Gasteiger partial charge in [-0.15, -0.1) is 0 Å². The van der Waals surface area contributed by atoms with E-state index in [1.165, 1.54) is 32.1 Å². The fourth-order valence-electron chi connectivity index (χ4n) is 7.19. The number of fused-ring (bicyclic) bond motifs is 4. The second-order valence-electron chi connectivity index (χ2n) is 10.3. The van der Waals surface area contributed by atoms with Crippen LogP contribution >= 0.6 is 0 Å². The van der Waals surface area contributed by atoms with Crippen molar-refractivity contribution in [2.24, 2.45) is 46.3 Å². The normalized spacial score (nSPS) is 53.3. The third-order valence-corrected chi connectivity index (χ3v) is 9.05. The van der Waals surface area contributed by atoms with Crippen molar-refractivity contribution >= 4 is 0 Å². The fourth-order valence-corrected chi connectivity index (χ4v) is 7.19. The molecule has 0 N–H and O–H groups in total. The average Bonchev–Trinajstić information content (AvgIpc) is 3.18. The van der Waals surface area contributed by atoms with Gasteiger partial charge in [-0.05, 0) is 78.4 Å². The Morgan fingerprint density at radius 3 is 2.43 bits per heavy atom. The van der Waals surface area contributed by atoms with Gasteiger partial charge in [-0.25, -0.2) is 0 Å².